The lowest BCUT2D eigenvalue weighted by Crippen LogP contribution is -2.48. The number of piperazine rings is 1. The van der Waals surface area contributed by atoms with Crippen LogP contribution in [0.3, 0.4) is 0 Å². The fourth-order valence-corrected chi connectivity index (χ4v) is 4.46. The van der Waals surface area contributed by atoms with E-state index in [2.05, 4.69) is 27.1 Å². The van der Waals surface area contributed by atoms with Crippen LogP contribution in [0.4, 0.5) is 34.5 Å². The van der Waals surface area contributed by atoms with Crippen molar-refractivity contribution in [2.75, 3.05) is 62.3 Å². The average molecular weight is 479 g/mol. The first-order valence-corrected chi connectivity index (χ1v) is 11.3. The molecule has 33 heavy (non-hydrogen) atoms. The van der Waals surface area contributed by atoms with Gasteiger partial charge in [-0.2, -0.15) is 13.2 Å². The van der Waals surface area contributed by atoms with E-state index in [4.69, 9.17) is 5.73 Å². The van der Waals surface area contributed by atoms with Crippen LogP contribution in [-0.4, -0.2) is 67.1 Å². The number of halogens is 3. The summed E-state index contributed by atoms with van der Waals surface area (Å²) < 4.78 is 39.4. The largest absolute Gasteiger partial charge is 0.416 e. The predicted octanol–water partition coefficient (Wildman–Crippen LogP) is 4.18. The zero-order valence-electron chi connectivity index (χ0n) is 18.1. The first-order chi connectivity index (χ1) is 15.7. The molecule has 11 heteroatoms. The van der Waals surface area contributed by atoms with Gasteiger partial charge in [-0.3, -0.25) is 9.80 Å². The van der Waals surface area contributed by atoms with E-state index in [1.807, 2.05) is 12.1 Å². The standard InChI is InChI=1S/C22H25F3N6OS/c1-29-8-10-30(11-9-29)12-13-31(17-6-7-18-19(14-17)33-20(26)28-18)21(32)27-16-4-2-15(3-5-16)22(23,24)25/h2-7,14H,8-13H2,1H3,(H2,26,28)(H,27,32). The number of alkyl halides is 3. The molecule has 0 aliphatic carbocycles. The molecule has 1 aliphatic rings. The number of amides is 2. The van der Waals surface area contributed by atoms with Gasteiger partial charge < -0.3 is 16.0 Å². The summed E-state index contributed by atoms with van der Waals surface area (Å²) in [4.78, 5) is 23.6. The highest BCUT2D eigenvalue weighted by Gasteiger charge is 2.30. The van der Waals surface area contributed by atoms with E-state index >= 15 is 0 Å². The van der Waals surface area contributed by atoms with Gasteiger partial charge in [0.2, 0.25) is 0 Å². The molecular weight excluding hydrogens is 453 g/mol. The van der Waals surface area contributed by atoms with Crippen LogP contribution in [0.25, 0.3) is 10.2 Å². The zero-order valence-corrected chi connectivity index (χ0v) is 18.9. The summed E-state index contributed by atoms with van der Waals surface area (Å²) in [5, 5.41) is 3.17. The highest BCUT2D eigenvalue weighted by molar-refractivity contribution is 7.22. The zero-order chi connectivity index (χ0) is 23.6. The van der Waals surface area contributed by atoms with E-state index < -0.39 is 17.8 Å². The molecule has 1 saturated heterocycles. The minimum atomic E-state index is -4.43. The number of rotatable bonds is 5. The number of fused-ring (bicyclic) bond motifs is 1. The van der Waals surface area contributed by atoms with Gasteiger partial charge in [-0.15, -0.1) is 0 Å². The molecule has 3 aromatic rings. The highest BCUT2D eigenvalue weighted by atomic mass is 32.1. The van der Waals surface area contributed by atoms with Crippen LogP contribution in [0, 0.1) is 0 Å². The third kappa shape index (κ3) is 5.73. The summed E-state index contributed by atoms with van der Waals surface area (Å²) in [5.74, 6) is 0. The molecule has 0 atom stereocenters. The monoisotopic (exact) mass is 478 g/mol. The summed E-state index contributed by atoms with van der Waals surface area (Å²) in [7, 11) is 2.08. The van der Waals surface area contributed by atoms with Crippen LogP contribution < -0.4 is 16.0 Å². The minimum absolute atomic E-state index is 0.292. The molecule has 176 valence electrons. The summed E-state index contributed by atoms with van der Waals surface area (Å²) >= 11 is 1.34. The van der Waals surface area contributed by atoms with Gasteiger partial charge in [0, 0.05) is 50.6 Å². The number of nitrogens with one attached hydrogen (secondary N) is 1. The third-order valence-corrected chi connectivity index (χ3v) is 6.49. The van der Waals surface area contributed by atoms with E-state index in [1.165, 1.54) is 23.5 Å². The first-order valence-electron chi connectivity index (χ1n) is 10.5. The van der Waals surface area contributed by atoms with Crippen molar-refractivity contribution in [2.24, 2.45) is 0 Å². The lowest BCUT2D eigenvalue weighted by atomic mass is 10.2. The van der Waals surface area contributed by atoms with Crippen LogP contribution in [-0.2, 0) is 6.18 Å². The SMILES string of the molecule is CN1CCN(CCN(C(=O)Nc2ccc(C(F)(F)F)cc2)c2ccc3nc(N)sc3c2)CC1. The second kappa shape index (κ2) is 9.54. The first kappa shape index (κ1) is 23.3. The van der Waals surface area contributed by atoms with Crippen molar-refractivity contribution in [1.82, 2.24) is 14.8 Å². The number of carbonyl (C=O) groups excluding carboxylic acids is 1. The van der Waals surface area contributed by atoms with E-state index in [-0.39, 0.29) is 0 Å². The molecule has 1 aliphatic heterocycles. The Balaban J connectivity index is 1.53. The Bertz CT molecular complexity index is 1110. The number of aromatic nitrogens is 1. The number of anilines is 3. The molecule has 2 aromatic carbocycles. The third-order valence-electron chi connectivity index (χ3n) is 5.64. The summed E-state index contributed by atoms with van der Waals surface area (Å²) in [5.41, 5.74) is 6.77. The van der Waals surface area contributed by atoms with E-state index in [9.17, 15) is 18.0 Å². The molecule has 4 rings (SSSR count). The van der Waals surface area contributed by atoms with E-state index in [1.54, 1.807) is 11.0 Å². The molecule has 7 nitrogen and oxygen atoms in total. The number of urea groups is 1. The van der Waals surface area contributed by atoms with Crippen molar-refractivity contribution in [3.05, 3.63) is 48.0 Å². The smallest absolute Gasteiger partial charge is 0.375 e. The highest BCUT2D eigenvalue weighted by Crippen LogP contribution is 2.31. The maximum Gasteiger partial charge on any atom is 0.416 e. The Hall–Kier alpha value is -2.89. The molecule has 2 heterocycles. The average Bonchev–Trinajstić information content (AvgIpc) is 3.14. The Morgan fingerprint density at radius 3 is 2.52 bits per heavy atom. The number of thiazole rings is 1. The summed E-state index contributed by atoms with van der Waals surface area (Å²) in [6.45, 7) is 4.85. The maximum absolute atomic E-state index is 13.2. The predicted molar refractivity (Wildman–Crippen MR) is 126 cm³/mol. The number of nitrogens with zero attached hydrogens (tertiary/aromatic N) is 4. The molecule has 2 amide bonds. The van der Waals surface area contributed by atoms with Crippen LogP contribution in [0.1, 0.15) is 5.56 Å². The van der Waals surface area contributed by atoms with Gasteiger partial charge in [0.25, 0.3) is 0 Å². The quantitative estimate of drug-likeness (QED) is 0.575. The topological polar surface area (TPSA) is 77.7 Å². The fraction of sp³-hybridized carbons (Fsp3) is 0.364. The van der Waals surface area contributed by atoms with Gasteiger partial charge >= 0.3 is 12.2 Å². The number of carbonyl (C=O) groups is 1. The number of hydrogen-bond acceptors (Lipinski definition) is 6. The Labute approximate surface area is 193 Å². The van der Waals surface area contributed by atoms with Crippen LogP contribution in [0.2, 0.25) is 0 Å². The fourth-order valence-electron chi connectivity index (χ4n) is 3.69. The lowest BCUT2D eigenvalue weighted by Gasteiger charge is -2.34. The lowest BCUT2D eigenvalue weighted by molar-refractivity contribution is -0.137. The van der Waals surface area contributed by atoms with Crippen molar-refractivity contribution < 1.29 is 18.0 Å². The van der Waals surface area contributed by atoms with Crippen molar-refractivity contribution in [3.8, 4) is 0 Å². The Morgan fingerprint density at radius 2 is 1.85 bits per heavy atom. The van der Waals surface area contributed by atoms with Crippen molar-refractivity contribution in [3.63, 3.8) is 0 Å². The van der Waals surface area contributed by atoms with Gasteiger partial charge in [-0.05, 0) is 49.5 Å². The molecule has 0 unspecified atom stereocenters. The van der Waals surface area contributed by atoms with Gasteiger partial charge in [0.15, 0.2) is 5.13 Å². The van der Waals surface area contributed by atoms with E-state index in [0.29, 0.717) is 29.6 Å². The van der Waals surface area contributed by atoms with Crippen LogP contribution >= 0.6 is 11.3 Å². The molecule has 1 fully saturated rings. The van der Waals surface area contributed by atoms with Gasteiger partial charge in [0.05, 0.1) is 15.8 Å². The Kier molecular flexibility index (Phi) is 6.73. The second-order valence-corrected chi connectivity index (χ2v) is 9.07. The van der Waals surface area contributed by atoms with E-state index in [0.717, 1.165) is 48.5 Å². The van der Waals surface area contributed by atoms with Gasteiger partial charge in [0.1, 0.15) is 0 Å². The number of nitrogen functional groups attached to an aromatic ring is 1. The van der Waals surface area contributed by atoms with Crippen molar-refractivity contribution in [1.29, 1.82) is 0 Å². The van der Waals surface area contributed by atoms with Crippen LogP contribution in [0.15, 0.2) is 42.5 Å². The molecule has 0 saturated carbocycles. The maximum atomic E-state index is 13.2. The second-order valence-electron chi connectivity index (χ2n) is 8.01. The number of nitrogens with two attached hydrogens (primary N) is 1. The van der Waals surface area contributed by atoms with Crippen molar-refractivity contribution in [2.45, 2.75) is 6.18 Å². The molecule has 1 aromatic heterocycles. The number of likely N-dealkylation sites (N-methyl/N-ethyl adjacent to an activating group) is 1. The number of hydrogen-bond donors (Lipinski definition) is 2. The minimum Gasteiger partial charge on any atom is -0.375 e. The van der Waals surface area contributed by atoms with Crippen LogP contribution in [0.5, 0.6) is 0 Å². The summed E-state index contributed by atoms with van der Waals surface area (Å²) in [6, 6.07) is 9.48. The molecule has 0 spiro atoms. The number of benzene rings is 2. The molecular formula is C22H25F3N6OS. The molecule has 0 bridgehead atoms. The Morgan fingerprint density at radius 1 is 1.15 bits per heavy atom. The normalized spacial score (nSPS) is 15.6. The van der Waals surface area contributed by atoms with Gasteiger partial charge in [-0.25, -0.2) is 9.78 Å². The summed E-state index contributed by atoms with van der Waals surface area (Å²) in [6.07, 6.45) is -4.43. The van der Waals surface area contributed by atoms with Gasteiger partial charge in [-0.1, -0.05) is 11.3 Å². The van der Waals surface area contributed by atoms with Crippen molar-refractivity contribution >= 4 is 44.1 Å². The molecule has 3 N–H and O–H groups in total. The molecule has 0 radical (unpaired) electrons.